The highest BCUT2D eigenvalue weighted by molar-refractivity contribution is 5.81. The van der Waals surface area contributed by atoms with E-state index in [0.717, 1.165) is 37.0 Å². The lowest BCUT2D eigenvalue weighted by atomic mass is 9.91. The zero-order chi connectivity index (χ0) is 20.2. The van der Waals surface area contributed by atoms with Crippen molar-refractivity contribution in [2.75, 3.05) is 25.0 Å². The Morgan fingerprint density at radius 2 is 1.97 bits per heavy atom. The maximum Gasteiger partial charge on any atom is 0.345 e. The fourth-order valence-electron chi connectivity index (χ4n) is 4.70. The highest BCUT2D eigenvalue weighted by Crippen LogP contribution is 2.37. The van der Waals surface area contributed by atoms with Gasteiger partial charge in [0.15, 0.2) is 0 Å². The molecule has 2 aromatic rings. The predicted molar refractivity (Wildman–Crippen MR) is 110 cm³/mol. The first-order chi connectivity index (χ1) is 14.1. The van der Waals surface area contributed by atoms with E-state index in [-0.39, 0.29) is 12.6 Å². The highest BCUT2D eigenvalue weighted by Gasteiger charge is 2.25. The number of rotatable bonds is 7. The molecule has 29 heavy (non-hydrogen) atoms. The van der Waals surface area contributed by atoms with Crippen molar-refractivity contribution in [1.82, 2.24) is 19.9 Å². The van der Waals surface area contributed by atoms with Crippen LogP contribution in [-0.2, 0) is 4.74 Å². The summed E-state index contributed by atoms with van der Waals surface area (Å²) < 4.78 is 31.3. The number of halogens is 2. The molecule has 1 saturated carbocycles. The van der Waals surface area contributed by atoms with Crippen LogP contribution in [0.4, 0.5) is 14.7 Å². The maximum absolute atomic E-state index is 12.3. The fourth-order valence-corrected chi connectivity index (χ4v) is 4.70. The first kappa shape index (κ1) is 20.5. The van der Waals surface area contributed by atoms with Gasteiger partial charge in [-0.15, -0.1) is 0 Å². The van der Waals surface area contributed by atoms with Gasteiger partial charge in [-0.25, -0.2) is 4.98 Å². The molecule has 6 nitrogen and oxygen atoms in total. The normalized spacial score (nSPS) is 20.4. The number of anilines is 1. The van der Waals surface area contributed by atoms with E-state index in [1.807, 2.05) is 6.20 Å². The second kappa shape index (κ2) is 9.34. The van der Waals surface area contributed by atoms with Gasteiger partial charge in [0, 0.05) is 29.9 Å². The summed E-state index contributed by atoms with van der Waals surface area (Å²) in [6, 6.07) is 0.174. The molecule has 1 aliphatic heterocycles. The topological polar surface area (TPSA) is 64.0 Å². The average Bonchev–Trinajstić information content (AvgIpc) is 3.12. The van der Waals surface area contributed by atoms with E-state index < -0.39 is 6.61 Å². The van der Waals surface area contributed by atoms with Crippen molar-refractivity contribution in [1.29, 1.82) is 0 Å². The number of fused-ring (bicyclic) bond motifs is 1. The molecule has 8 heteroatoms. The SMILES string of the molecule is C[C@@H](COC(F)F)Nc1ncc2c(C3CCNCC3)cn(C3CCCCC3)c2n1. The van der Waals surface area contributed by atoms with Gasteiger partial charge in [0.2, 0.25) is 5.95 Å². The minimum Gasteiger partial charge on any atom is -0.349 e. The third-order valence-electron chi connectivity index (χ3n) is 6.20. The minimum atomic E-state index is -2.77. The molecule has 0 amide bonds. The van der Waals surface area contributed by atoms with Gasteiger partial charge in [0.1, 0.15) is 5.65 Å². The van der Waals surface area contributed by atoms with Crippen molar-refractivity contribution < 1.29 is 13.5 Å². The summed E-state index contributed by atoms with van der Waals surface area (Å²) in [6.07, 6.45) is 12.7. The van der Waals surface area contributed by atoms with Gasteiger partial charge >= 0.3 is 6.61 Å². The Hall–Kier alpha value is -1.80. The molecule has 3 heterocycles. The molecule has 2 fully saturated rings. The number of piperidine rings is 1. The predicted octanol–water partition coefficient (Wildman–Crippen LogP) is 4.44. The van der Waals surface area contributed by atoms with Crippen molar-refractivity contribution in [2.24, 2.45) is 0 Å². The molecular formula is C21H31F2N5O. The lowest BCUT2D eigenvalue weighted by molar-refractivity contribution is -0.130. The standard InChI is InChI=1S/C21H31F2N5O/c1-14(13-29-20(22)23)26-21-25-11-17-18(15-7-9-24-10-8-15)12-28(19(17)27-21)16-5-3-2-4-6-16/h11-12,14-16,20,24H,2-10,13H2,1H3,(H,25,26,27)/t14-/m0/s1. The van der Waals surface area contributed by atoms with Gasteiger partial charge < -0.3 is 19.9 Å². The zero-order valence-electron chi connectivity index (χ0n) is 17.0. The summed E-state index contributed by atoms with van der Waals surface area (Å²) in [5.74, 6) is 0.999. The van der Waals surface area contributed by atoms with E-state index in [4.69, 9.17) is 4.98 Å². The Morgan fingerprint density at radius 1 is 1.21 bits per heavy atom. The molecule has 1 aliphatic carbocycles. The van der Waals surface area contributed by atoms with Gasteiger partial charge in [0.25, 0.3) is 0 Å². The number of nitrogens with zero attached hydrogens (tertiary/aromatic N) is 3. The van der Waals surface area contributed by atoms with Crippen LogP contribution in [-0.4, -0.2) is 46.9 Å². The van der Waals surface area contributed by atoms with E-state index in [0.29, 0.717) is 17.9 Å². The maximum atomic E-state index is 12.3. The quantitative estimate of drug-likeness (QED) is 0.710. The van der Waals surface area contributed by atoms with Crippen molar-refractivity contribution in [3.8, 4) is 0 Å². The number of aromatic nitrogens is 3. The van der Waals surface area contributed by atoms with Crippen molar-refractivity contribution in [2.45, 2.75) is 76.5 Å². The molecule has 0 unspecified atom stereocenters. The monoisotopic (exact) mass is 407 g/mol. The molecule has 0 aromatic carbocycles. The summed E-state index contributed by atoms with van der Waals surface area (Å²) in [5.41, 5.74) is 2.32. The molecule has 1 saturated heterocycles. The van der Waals surface area contributed by atoms with Gasteiger partial charge in [0.05, 0.1) is 6.61 Å². The molecule has 0 radical (unpaired) electrons. The minimum absolute atomic E-state index is 0.0942. The van der Waals surface area contributed by atoms with Crippen molar-refractivity contribution in [3.63, 3.8) is 0 Å². The molecule has 2 aromatic heterocycles. The largest absolute Gasteiger partial charge is 0.349 e. The molecule has 4 rings (SSSR count). The van der Waals surface area contributed by atoms with Crippen molar-refractivity contribution in [3.05, 3.63) is 18.0 Å². The number of hydrogen-bond acceptors (Lipinski definition) is 5. The van der Waals surface area contributed by atoms with Crippen molar-refractivity contribution >= 4 is 17.0 Å². The van der Waals surface area contributed by atoms with E-state index in [9.17, 15) is 8.78 Å². The highest BCUT2D eigenvalue weighted by atomic mass is 19.3. The van der Waals surface area contributed by atoms with Gasteiger partial charge in [-0.05, 0) is 57.2 Å². The lowest BCUT2D eigenvalue weighted by Gasteiger charge is -2.24. The number of ether oxygens (including phenoxy) is 1. The van der Waals surface area contributed by atoms with Crippen LogP contribution in [0.5, 0.6) is 0 Å². The second-order valence-corrected chi connectivity index (χ2v) is 8.38. The Balaban J connectivity index is 1.63. The Labute approximate surface area is 170 Å². The first-order valence-corrected chi connectivity index (χ1v) is 10.9. The van der Waals surface area contributed by atoms with Crippen LogP contribution in [0.3, 0.4) is 0 Å². The molecule has 1 atom stereocenters. The summed E-state index contributed by atoms with van der Waals surface area (Å²) in [7, 11) is 0. The molecule has 160 valence electrons. The number of nitrogens with one attached hydrogen (secondary N) is 2. The van der Waals surface area contributed by atoms with Crippen LogP contribution >= 0.6 is 0 Å². The third kappa shape index (κ3) is 4.86. The average molecular weight is 408 g/mol. The molecule has 2 N–H and O–H groups in total. The fraction of sp³-hybridized carbons (Fsp3) is 0.714. The Morgan fingerprint density at radius 3 is 2.69 bits per heavy atom. The lowest BCUT2D eigenvalue weighted by Crippen LogP contribution is -2.26. The second-order valence-electron chi connectivity index (χ2n) is 8.38. The Bertz CT molecular complexity index is 800. The van der Waals surface area contributed by atoms with E-state index in [2.05, 4.69) is 31.1 Å². The zero-order valence-corrected chi connectivity index (χ0v) is 17.0. The number of alkyl halides is 2. The van der Waals surface area contributed by atoms with Crippen LogP contribution in [0.1, 0.15) is 69.4 Å². The van der Waals surface area contributed by atoms with Crippen LogP contribution in [0.2, 0.25) is 0 Å². The summed E-state index contributed by atoms with van der Waals surface area (Å²) in [6.45, 7) is 1.02. The van der Waals surface area contributed by atoms with Gasteiger partial charge in [-0.2, -0.15) is 13.8 Å². The number of hydrogen-bond donors (Lipinski definition) is 2. The summed E-state index contributed by atoms with van der Waals surface area (Å²) in [5, 5.41) is 7.67. The first-order valence-electron chi connectivity index (χ1n) is 10.9. The summed E-state index contributed by atoms with van der Waals surface area (Å²) >= 11 is 0. The Kier molecular flexibility index (Phi) is 6.60. The van der Waals surface area contributed by atoms with Gasteiger partial charge in [-0.1, -0.05) is 19.3 Å². The summed E-state index contributed by atoms with van der Waals surface area (Å²) in [4.78, 5) is 9.31. The van der Waals surface area contributed by atoms with E-state index in [1.54, 1.807) is 6.92 Å². The van der Waals surface area contributed by atoms with Crippen LogP contribution < -0.4 is 10.6 Å². The molecule has 2 aliphatic rings. The van der Waals surface area contributed by atoms with Crippen LogP contribution in [0.25, 0.3) is 11.0 Å². The molecule has 0 spiro atoms. The third-order valence-corrected chi connectivity index (χ3v) is 6.20. The van der Waals surface area contributed by atoms with E-state index >= 15 is 0 Å². The smallest absolute Gasteiger partial charge is 0.345 e. The van der Waals surface area contributed by atoms with E-state index in [1.165, 1.54) is 37.7 Å². The van der Waals surface area contributed by atoms with Crippen LogP contribution in [0.15, 0.2) is 12.4 Å². The van der Waals surface area contributed by atoms with Crippen LogP contribution in [0, 0.1) is 0 Å². The molecular weight excluding hydrogens is 376 g/mol. The van der Waals surface area contributed by atoms with Gasteiger partial charge in [-0.3, -0.25) is 0 Å². The molecule has 0 bridgehead atoms.